The Morgan fingerprint density at radius 1 is 1.41 bits per heavy atom. The van der Waals surface area contributed by atoms with Gasteiger partial charge in [-0.2, -0.15) is 5.10 Å². The van der Waals surface area contributed by atoms with Crippen LogP contribution in [0.2, 0.25) is 0 Å². The van der Waals surface area contributed by atoms with Crippen molar-refractivity contribution in [3.05, 3.63) is 47.5 Å². The molecule has 0 aliphatic carbocycles. The summed E-state index contributed by atoms with van der Waals surface area (Å²) in [6.45, 7) is 5.11. The van der Waals surface area contributed by atoms with Crippen molar-refractivity contribution in [3.63, 3.8) is 0 Å². The third-order valence-electron chi connectivity index (χ3n) is 4.63. The normalized spacial score (nSPS) is 17.1. The van der Waals surface area contributed by atoms with Gasteiger partial charge < -0.3 is 15.3 Å². The van der Waals surface area contributed by atoms with Gasteiger partial charge in [-0.3, -0.25) is 4.68 Å². The Hall–Kier alpha value is -1.84. The van der Waals surface area contributed by atoms with Crippen LogP contribution < -0.4 is 5.32 Å². The highest BCUT2D eigenvalue weighted by molar-refractivity contribution is 14.0. The number of aromatic nitrogens is 2. The van der Waals surface area contributed by atoms with Gasteiger partial charge in [-0.1, -0.05) is 6.07 Å². The second-order valence-corrected chi connectivity index (χ2v) is 6.78. The number of likely N-dealkylation sites (tertiary alicyclic amines) is 1. The Morgan fingerprint density at radius 2 is 2.22 bits per heavy atom. The van der Waals surface area contributed by atoms with Gasteiger partial charge in [0, 0.05) is 32.9 Å². The molecule has 0 bridgehead atoms. The molecule has 0 amide bonds. The zero-order valence-corrected chi connectivity index (χ0v) is 18.1. The quantitative estimate of drug-likeness (QED) is 0.387. The molecule has 0 radical (unpaired) electrons. The first-order valence-corrected chi connectivity index (χ1v) is 9.03. The Morgan fingerprint density at radius 3 is 2.89 bits per heavy atom. The van der Waals surface area contributed by atoms with Crippen molar-refractivity contribution in [1.29, 1.82) is 0 Å². The summed E-state index contributed by atoms with van der Waals surface area (Å²) in [6, 6.07) is 4.39. The van der Waals surface area contributed by atoms with Gasteiger partial charge in [0.15, 0.2) is 17.5 Å². The first-order valence-electron chi connectivity index (χ1n) is 9.03. The van der Waals surface area contributed by atoms with Crippen LogP contribution in [-0.4, -0.2) is 45.4 Å². The van der Waals surface area contributed by atoms with Crippen molar-refractivity contribution in [2.45, 2.75) is 26.3 Å². The first kappa shape index (κ1) is 21.5. The monoisotopic (exact) mass is 487 g/mol. The summed E-state index contributed by atoms with van der Waals surface area (Å²) in [7, 11) is 1.94. The standard InChI is InChI=1S/C19H26FN5O.HI/c1-3-21-19(22-10-14-4-5-18(26)17(20)9-14)25-7-6-15(13-25)8-16-11-23-24(2)12-16;/h4-5,9,11-12,15,26H,3,6-8,10,13H2,1-2H3,(H,21,22);1H. The maximum absolute atomic E-state index is 13.5. The Kier molecular flexibility index (Phi) is 7.88. The minimum absolute atomic E-state index is 0. The molecule has 1 atom stereocenters. The summed E-state index contributed by atoms with van der Waals surface area (Å²) in [5, 5.41) is 16.9. The van der Waals surface area contributed by atoms with E-state index in [1.165, 1.54) is 17.7 Å². The summed E-state index contributed by atoms with van der Waals surface area (Å²) in [5.74, 6) is 0.492. The molecule has 1 aromatic heterocycles. The number of phenolic OH excluding ortho intramolecular Hbond substituents is 1. The molecule has 0 saturated carbocycles. The van der Waals surface area contributed by atoms with Crippen LogP contribution in [0.3, 0.4) is 0 Å². The van der Waals surface area contributed by atoms with Gasteiger partial charge in [-0.05, 0) is 48.9 Å². The molecule has 1 aromatic carbocycles. The molecular formula is C19H27FIN5O. The number of nitrogens with zero attached hydrogens (tertiary/aromatic N) is 4. The zero-order valence-electron chi connectivity index (χ0n) is 15.7. The van der Waals surface area contributed by atoms with Gasteiger partial charge >= 0.3 is 0 Å². The largest absolute Gasteiger partial charge is 0.505 e. The van der Waals surface area contributed by atoms with Crippen LogP contribution >= 0.6 is 24.0 Å². The fourth-order valence-corrected chi connectivity index (χ4v) is 3.34. The number of benzene rings is 1. The molecule has 3 rings (SSSR count). The number of hydrogen-bond acceptors (Lipinski definition) is 3. The van der Waals surface area contributed by atoms with Crippen molar-refractivity contribution in [3.8, 4) is 5.75 Å². The highest BCUT2D eigenvalue weighted by Crippen LogP contribution is 2.21. The van der Waals surface area contributed by atoms with Gasteiger partial charge in [0.2, 0.25) is 0 Å². The summed E-state index contributed by atoms with van der Waals surface area (Å²) in [5.41, 5.74) is 2.00. The van der Waals surface area contributed by atoms with E-state index in [1.54, 1.807) is 6.07 Å². The highest BCUT2D eigenvalue weighted by atomic mass is 127. The van der Waals surface area contributed by atoms with Crippen LogP contribution in [-0.2, 0) is 20.0 Å². The number of rotatable bonds is 5. The van der Waals surface area contributed by atoms with Crippen molar-refractivity contribution >= 4 is 29.9 Å². The molecule has 27 heavy (non-hydrogen) atoms. The lowest BCUT2D eigenvalue weighted by Gasteiger charge is -2.21. The van der Waals surface area contributed by atoms with Crippen LogP contribution in [0.5, 0.6) is 5.75 Å². The molecule has 1 aliphatic rings. The fourth-order valence-electron chi connectivity index (χ4n) is 3.34. The third kappa shape index (κ3) is 5.82. The average Bonchev–Trinajstić information content (AvgIpc) is 3.24. The molecular weight excluding hydrogens is 460 g/mol. The van der Waals surface area contributed by atoms with Crippen LogP contribution in [0.1, 0.15) is 24.5 Å². The molecule has 6 nitrogen and oxygen atoms in total. The molecule has 2 heterocycles. The molecule has 1 fully saturated rings. The van der Waals surface area contributed by atoms with Crippen LogP contribution in [0, 0.1) is 11.7 Å². The summed E-state index contributed by atoms with van der Waals surface area (Å²) in [4.78, 5) is 6.91. The van der Waals surface area contributed by atoms with E-state index in [0.29, 0.717) is 12.5 Å². The van der Waals surface area contributed by atoms with Gasteiger partial charge in [0.05, 0.1) is 12.7 Å². The SMILES string of the molecule is CCNC(=NCc1ccc(O)c(F)c1)N1CCC(Cc2cnn(C)c2)C1.I. The summed E-state index contributed by atoms with van der Waals surface area (Å²) in [6.07, 6.45) is 6.14. The van der Waals surface area contributed by atoms with E-state index in [9.17, 15) is 9.50 Å². The molecule has 8 heteroatoms. The Bertz CT molecular complexity index is 779. The topological polar surface area (TPSA) is 65.7 Å². The van der Waals surface area contributed by atoms with Crippen LogP contribution in [0.25, 0.3) is 0 Å². The second-order valence-electron chi connectivity index (χ2n) is 6.78. The number of halogens is 2. The lowest BCUT2D eigenvalue weighted by molar-refractivity contribution is 0.431. The van der Waals surface area contributed by atoms with E-state index in [-0.39, 0.29) is 29.7 Å². The Labute approximate surface area is 176 Å². The van der Waals surface area contributed by atoms with Crippen molar-refractivity contribution in [2.75, 3.05) is 19.6 Å². The predicted octanol–water partition coefficient (Wildman–Crippen LogP) is 2.91. The van der Waals surface area contributed by atoms with Crippen LogP contribution in [0.4, 0.5) is 4.39 Å². The number of aromatic hydroxyl groups is 1. The molecule has 1 saturated heterocycles. The van der Waals surface area contributed by atoms with E-state index in [1.807, 2.05) is 24.9 Å². The zero-order chi connectivity index (χ0) is 18.5. The molecule has 2 aromatic rings. The van der Waals surface area contributed by atoms with E-state index in [0.717, 1.165) is 44.0 Å². The third-order valence-corrected chi connectivity index (χ3v) is 4.63. The van der Waals surface area contributed by atoms with Crippen molar-refractivity contribution in [2.24, 2.45) is 18.0 Å². The number of phenols is 1. The number of guanidine groups is 1. The second kappa shape index (κ2) is 9.91. The van der Waals surface area contributed by atoms with Crippen molar-refractivity contribution in [1.82, 2.24) is 20.0 Å². The van der Waals surface area contributed by atoms with E-state index < -0.39 is 5.82 Å². The van der Waals surface area contributed by atoms with Gasteiger partial charge in [0.1, 0.15) is 0 Å². The van der Waals surface area contributed by atoms with Crippen LogP contribution in [0.15, 0.2) is 35.6 Å². The number of aryl methyl sites for hydroxylation is 1. The molecule has 148 valence electrons. The van der Waals surface area contributed by atoms with Gasteiger partial charge in [0.25, 0.3) is 0 Å². The minimum atomic E-state index is -0.611. The van der Waals surface area contributed by atoms with E-state index >= 15 is 0 Å². The van der Waals surface area contributed by atoms with E-state index in [4.69, 9.17) is 0 Å². The maximum atomic E-state index is 13.5. The number of aliphatic imine (C=N–C) groups is 1. The lowest BCUT2D eigenvalue weighted by atomic mass is 10.0. The summed E-state index contributed by atoms with van der Waals surface area (Å²) >= 11 is 0. The predicted molar refractivity (Wildman–Crippen MR) is 115 cm³/mol. The number of hydrogen-bond donors (Lipinski definition) is 2. The maximum Gasteiger partial charge on any atom is 0.194 e. The molecule has 1 aliphatic heterocycles. The smallest absolute Gasteiger partial charge is 0.194 e. The fraction of sp³-hybridized carbons (Fsp3) is 0.474. The first-order chi connectivity index (χ1) is 12.5. The highest BCUT2D eigenvalue weighted by Gasteiger charge is 2.25. The average molecular weight is 487 g/mol. The molecule has 0 spiro atoms. The van der Waals surface area contributed by atoms with Gasteiger partial charge in [-0.15, -0.1) is 24.0 Å². The molecule has 1 unspecified atom stereocenters. The lowest BCUT2D eigenvalue weighted by Crippen LogP contribution is -2.40. The van der Waals surface area contributed by atoms with Gasteiger partial charge in [-0.25, -0.2) is 9.38 Å². The van der Waals surface area contributed by atoms with E-state index in [2.05, 4.69) is 26.5 Å². The minimum Gasteiger partial charge on any atom is -0.505 e. The summed E-state index contributed by atoms with van der Waals surface area (Å²) < 4.78 is 15.3. The molecule has 2 N–H and O–H groups in total. The Balaban J connectivity index is 0.00000261. The number of nitrogens with one attached hydrogen (secondary N) is 1. The van der Waals surface area contributed by atoms with Crippen molar-refractivity contribution < 1.29 is 9.50 Å².